The minimum Gasteiger partial charge on any atom is -0.490 e. The van der Waals surface area contributed by atoms with Gasteiger partial charge in [-0.3, -0.25) is 0 Å². The summed E-state index contributed by atoms with van der Waals surface area (Å²) in [7, 11) is 0. The van der Waals surface area contributed by atoms with E-state index in [9.17, 15) is 0 Å². The predicted octanol–water partition coefficient (Wildman–Crippen LogP) is 4.06. The Bertz CT molecular complexity index is 445. The van der Waals surface area contributed by atoms with Crippen molar-refractivity contribution in [3.63, 3.8) is 0 Å². The highest BCUT2D eigenvalue weighted by molar-refractivity contribution is 5.43. The Balaban J connectivity index is 2.30. The second-order valence-corrected chi connectivity index (χ2v) is 7.48. The molecule has 1 fully saturated rings. The third-order valence-electron chi connectivity index (χ3n) is 3.48. The minimum atomic E-state index is 0.0843. The smallest absolute Gasteiger partial charge is 0.123 e. The molecular formula is C17H26O2. The van der Waals surface area contributed by atoms with Gasteiger partial charge in [-0.05, 0) is 28.0 Å². The number of hydrogen-bond acceptors (Lipinski definition) is 2. The molecular weight excluding hydrogens is 236 g/mol. The number of rotatable bonds is 3. The molecule has 1 aromatic rings. The highest BCUT2D eigenvalue weighted by Gasteiger charge is 2.26. The van der Waals surface area contributed by atoms with Gasteiger partial charge in [-0.1, -0.05) is 53.7 Å². The maximum Gasteiger partial charge on any atom is 0.123 e. The normalized spacial score (nSPS) is 19.4. The molecule has 0 saturated carbocycles. The van der Waals surface area contributed by atoms with Gasteiger partial charge in [0.25, 0.3) is 0 Å². The largest absolute Gasteiger partial charge is 0.490 e. The molecule has 1 unspecified atom stereocenters. The molecule has 2 heteroatoms. The van der Waals surface area contributed by atoms with E-state index < -0.39 is 0 Å². The van der Waals surface area contributed by atoms with Gasteiger partial charge in [0.2, 0.25) is 0 Å². The zero-order valence-corrected chi connectivity index (χ0v) is 13.0. The van der Waals surface area contributed by atoms with Crippen molar-refractivity contribution >= 4 is 0 Å². The Morgan fingerprint density at radius 2 is 1.74 bits per heavy atom. The Morgan fingerprint density at radius 3 is 2.21 bits per heavy atom. The predicted molar refractivity (Wildman–Crippen MR) is 79.1 cm³/mol. The molecule has 2 rings (SSSR count). The summed E-state index contributed by atoms with van der Waals surface area (Å²) >= 11 is 0. The van der Waals surface area contributed by atoms with Gasteiger partial charge in [0, 0.05) is 0 Å². The van der Waals surface area contributed by atoms with Crippen LogP contribution in [0.1, 0.15) is 52.7 Å². The van der Waals surface area contributed by atoms with Crippen LogP contribution >= 0.6 is 0 Å². The number of hydrogen-bond donors (Lipinski definition) is 0. The van der Waals surface area contributed by atoms with Crippen LogP contribution < -0.4 is 4.74 Å². The first-order valence-electron chi connectivity index (χ1n) is 7.07. The van der Waals surface area contributed by atoms with E-state index >= 15 is 0 Å². The summed E-state index contributed by atoms with van der Waals surface area (Å²) in [5, 5.41) is 0. The molecule has 0 bridgehead atoms. The van der Waals surface area contributed by atoms with Crippen LogP contribution in [0.2, 0.25) is 0 Å². The Hall–Kier alpha value is -1.02. The van der Waals surface area contributed by atoms with Crippen molar-refractivity contribution in [2.75, 3.05) is 13.2 Å². The van der Waals surface area contributed by atoms with Crippen molar-refractivity contribution in [1.82, 2.24) is 0 Å². The quantitative estimate of drug-likeness (QED) is 0.766. The summed E-state index contributed by atoms with van der Waals surface area (Å²) in [6, 6.07) is 6.59. The molecule has 0 spiro atoms. The first-order chi connectivity index (χ1) is 8.68. The van der Waals surface area contributed by atoms with Gasteiger partial charge in [-0.15, -0.1) is 0 Å². The zero-order valence-electron chi connectivity index (χ0n) is 13.0. The van der Waals surface area contributed by atoms with Crippen LogP contribution in [-0.2, 0) is 15.6 Å². The lowest BCUT2D eigenvalue weighted by molar-refractivity contribution is 0.258. The molecule has 1 aliphatic rings. The fraction of sp³-hybridized carbons (Fsp3) is 0.647. The van der Waals surface area contributed by atoms with Gasteiger partial charge in [0.15, 0.2) is 0 Å². The standard InChI is InChI=1S/C17H26O2/c1-16(2,3)12-7-8-15(19-11-13-10-18-13)14(9-12)17(4,5)6/h7-9,13H,10-11H2,1-6H3. The summed E-state index contributed by atoms with van der Waals surface area (Å²) < 4.78 is 11.1. The molecule has 0 N–H and O–H groups in total. The topological polar surface area (TPSA) is 21.8 Å². The van der Waals surface area contributed by atoms with Crippen LogP contribution in [0.5, 0.6) is 5.75 Å². The average molecular weight is 262 g/mol. The van der Waals surface area contributed by atoms with Crippen molar-refractivity contribution in [2.45, 2.75) is 58.5 Å². The second kappa shape index (κ2) is 4.82. The summed E-state index contributed by atoms with van der Waals surface area (Å²) in [4.78, 5) is 0. The van der Waals surface area contributed by atoms with Crippen molar-refractivity contribution in [3.05, 3.63) is 29.3 Å². The summed E-state index contributed by atoms with van der Waals surface area (Å²) in [6.45, 7) is 14.9. The van der Waals surface area contributed by atoms with Crippen molar-refractivity contribution in [1.29, 1.82) is 0 Å². The molecule has 0 radical (unpaired) electrons. The van der Waals surface area contributed by atoms with Crippen LogP contribution in [0.15, 0.2) is 18.2 Å². The van der Waals surface area contributed by atoms with Crippen LogP contribution in [0.3, 0.4) is 0 Å². The van der Waals surface area contributed by atoms with E-state index in [0.29, 0.717) is 12.7 Å². The molecule has 1 aliphatic heterocycles. The third kappa shape index (κ3) is 3.73. The molecule has 0 aliphatic carbocycles. The van der Waals surface area contributed by atoms with Gasteiger partial charge in [-0.25, -0.2) is 0 Å². The molecule has 19 heavy (non-hydrogen) atoms. The number of ether oxygens (including phenoxy) is 2. The van der Waals surface area contributed by atoms with Crippen molar-refractivity contribution < 1.29 is 9.47 Å². The Morgan fingerprint density at radius 1 is 1.11 bits per heavy atom. The van der Waals surface area contributed by atoms with Gasteiger partial charge >= 0.3 is 0 Å². The van der Waals surface area contributed by atoms with Gasteiger partial charge in [0.05, 0.1) is 6.61 Å². The van der Waals surface area contributed by atoms with Crippen molar-refractivity contribution in [2.24, 2.45) is 0 Å². The van der Waals surface area contributed by atoms with Gasteiger partial charge in [-0.2, -0.15) is 0 Å². The molecule has 2 nitrogen and oxygen atoms in total. The van der Waals surface area contributed by atoms with E-state index in [2.05, 4.69) is 59.7 Å². The number of benzene rings is 1. The van der Waals surface area contributed by atoms with E-state index in [-0.39, 0.29) is 10.8 Å². The Kier molecular flexibility index (Phi) is 3.65. The first kappa shape index (κ1) is 14.4. The fourth-order valence-corrected chi connectivity index (χ4v) is 2.06. The molecule has 106 valence electrons. The first-order valence-corrected chi connectivity index (χ1v) is 7.07. The average Bonchev–Trinajstić information content (AvgIpc) is 3.07. The maximum atomic E-state index is 5.93. The minimum absolute atomic E-state index is 0.0843. The summed E-state index contributed by atoms with van der Waals surface area (Å²) in [5.41, 5.74) is 2.88. The summed E-state index contributed by atoms with van der Waals surface area (Å²) in [6.07, 6.45) is 0.301. The fourth-order valence-electron chi connectivity index (χ4n) is 2.06. The van der Waals surface area contributed by atoms with Crippen LogP contribution in [0.25, 0.3) is 0 Å². The maximum absolute atomic E-state index is 5.93. The van der Waals surface area contributed by atoms with Crippen LogP contribution in [0.4, 0.5) is 0 Å². The van der Waals surface area contributed by atoms with E-state index in [0.717, 1.165) is 12.4 Å². The Labute approximate surface area is 117 Å². The van der Waals surface area contributed by atoms with Crippen molar-refractivity contribution in [3.8, 4) is 5.75 Å². The lowest BCUT2D eigenvalue weighted by Crippen LogP contribution is -2.18. The highest BCUT2D eigenvalue weighted by Crippen LogP contribution is 2.35. The van der Waals surface area contributed by atoms with Crippen LogP contribution in [0, 0.1) is 0 Å². The second-order valence-electron chi connectivity index (χ2n) is 7.48. The molecule has 1 aromatic carbocycles. The molecule has 1 heterocycles. The van der Waals surface area contributed by atoms with Crippen LogP contribution in [-0.4, -0.2) is 19.3 Å². The monoisotopic (exact) mass is 262 g/mol. The van der Waals surface area contributed by atoms with Gasteiger partial charge < -0.3 is 9.47 Å². The van der Waals surface area contributed by atoms with E-state index in [1.165, 1.54) is 11.1 Å². The highest BCUT2D eigenvalue weighted by atomic mass is 16.6. The zero-order chi connectivity index (χ0) is 14.3. The number of epoxide rings is 1. The third-order valence-corrected chi connectivity index (χ3v) is 3.48. The van der Waals surface area contributed by atoms with E-state index in [1.54, 1.807) is 0 Å². The van der Waals surface area contributed by atoms with Gasteiger partial charge in [0.1, 0.15) is 18.5 Å². The SMILES string of the molecule is CC(C)(C)c1ccc(OCC2CO2)c(C(C)(C)C)c1. The molecule has 0 amide bonds. The lowest BCUT2D eigenvalue weighted by Gasteiger charge is -2.27. The summed E-state index contributed by atoms with van der Waals surface area (Å²) in [5.74, 6) is 0.996. The molecule has 1 atom stereocenters. The van der Waals surface area contributed by atoms with E-state index in [4.69, 9.17) is 9.47 Å². The molecule has 1 saturated heterocycles. The van der Waals surface area contributed by atoms with E-state index in [1.807, 2.05) is 0 Å². The lowest BCUT2D eigenvalue weighted by atomic mass is 9.80. The molecule has 0 aromatic heterocycles.